The van der Waals surface area contributed by atoms with Gasteiger partial charge in [-0.2, -0.15) is 0 Å². The lowest BCUT2D eigenvalue weighted by Crippen LogP contribution is -2.29. The van der Waals surface area contributed by atoms with Gasteiger partial charge < -0.3 is 10.3 Å². The van der Waals surface area contributed by atoms with Gasteiger partial charge in [-0.15, -0.1) is 12.4 Å². The van der Waals surface area contributed by atoms with E-state index in [0.29, 0.717) is 0 Å². The topological polar surface area (TPSA) is 24.1 Å². The second-order valence-electron chi connectivity index (χ2n) is 4.23. The van der Waals surface area contributed by atoms with Crippen molar-refractivity contribution in [1.29, 1.82) is 0 Å². The van der Waals surface area contributed by atoms with E-state index in [-0.39, 0.29) is 22.1 Å². The maximum Gasteiger partial charge on any atom is 0.0916 e. The van der Waals surface area contributed by atoms with E-state index in [1.54, 1.807) is 0 Å². The minimum Gasteiger partial charge on any atom is -0.341 e. The van der Waals surface area contributed by atoms with Gasteiger partial charge in [0.15, 0.2) is 0 Å². The molecule has 1 rings (SSSR count). The Balaban J connectivity index is 0.00000289. The normalized spacial score (nSPS) is 10.5. The van der Waals surface area contributed by atoms with Gasteiger partial charge in [-0.3, -0.25) is 0 Å². The first-order chi connectivity index (χ1) is 8.36. The highest BCUT2D eigenvalue weighted by Gasteiger charge is 1.92. The molecule has 1 aromatic carbocycles. The Morgan fingerprint density at radius 3 is 2.56 bits per heavy atom. The molecule has 0 aliphatic heterocycles. The molecule has 102 valence electrons. The molecule has 0 fully saturated rings. The zero-order valence-electron chi connectivity index (χ0n) is 11.2. The SMILES string of the molecule is C=Cc1ccc(CNCCN[SiH2]CCC)cc1.Cl. The van der Waals surface area contributed by atoms with Crippen LogP contribution in [-0.2, 0) is 6.54 Å². The molecule has 2 N–H and O–H groups in total. The first-order valence-corrected chi connectivity index (χ1v) is 8.20. The lowest BCUT2D eigenvalue weighted by molar-refractivity contribution is 0.676. The summed E-state index contributed by atoms with van der Waals surface area (Å²) >= 11 is 0. The molecule has 0 amide bonds. The molecule has 0 heterocycles. The minimum atomic E-state index is 0. The summed E-state index contributed by atoms with van der Waals surface area (Å²) in [4.78, 5) is 3.55. The van der Waals surface area contributed by atoms with Gasteiger partial charge in [0.2, 0.25) is 0 Å². The molecule has 0 aromatic heterocycles. The van der Waals surface area contributed by atoms with Crippen molar-refractivity contribution in [2.45, 2.75) is 25.9 Å². The highest BCUT2D eigenvalue weighted by atomic mass is 35.5. The summed E-state index contributed by atoms with van der Waals surface area (Å²) in [7, 11) is 0.0109. The van der Waals surface area contributed by atoms with Crippen molar-refractivity contribution in [3.05, 3.63) is 42.0 Å². The van der Waals surface area contributed by atoms with Gasteiger partial charge in [0.1, 0.15) is 0 Å². The molecular formula is C14H25ClN2Si. The molecule has 2 nitrogen and oxygen atoms in total. The van der Waals surface area contributed by atoms with Gasteiger partial charge in [-0.05, 0) is 11.1 Å². The van der Waals surface area contributed by atoms with E-state index in [9.17, 15) is 0 Å². The fourth-order valence-electron chi connectivity index (χ4n) is 1.61. The van der Waals surface area contributed by atoms with Gasteiger partial charge in [0.05, 0.1) is 9.68 Å². The summed E-state index contributed by atoms with van der Waals surface area (Å²) in [6, 6.07) is 9.93. The molecule has 0 spiro atoms. The number of rotatable bonds is 9. The highest BCUT2D eigenvalue weighted by Crippen LogP contribution is 2.04. The molecule has 0 saturated carbocycles. The molecule has 4 heteroatoms. The molecule has 0 aliphatic carbocycles. The van der Waals surface area contributed by atoms with Crippen LogP contribution < -0.4 is 10.3 Å². The van der Waals surface area contributed by atoms with Crippen LogP contribution in [0.25, 0.3) is 6.08 Å². The fourth-order valence-corrected chi connectivity index (χ4v) is 2.64. The number of benzene rings is 1. The predicted octanol–water partition coefficient (Wildman–Crippen LogP) is 2.34. The smallest absolute Gasteiger partial charge is 0.0916 e. The average Bonchev–Trinajstić information content (AvgIpc) is 2.38. The average molecular weight is 285 g/mol. The monoisotopic (exact) mass is 284 g/mol. The van der Waals surface area contributed by atoms with Crippen LogP contribution in [-0.4, -0.2) is 22.8 Å². The van der Waals surface area contributed by atoms with Crippen LogP contribution in [0.5, 0.6) is 0 Å². The number of hydrogen-bond acceptors (Lipinski definition) is 2. The van der Waals surface area contributed by atoms with Gasteiger partial charge in [0, 0.05) is 19.6 Å². The molecule has 1 aromatic rings. The predicted molar refractivity (Wildman–Crippen MR) is 87.1 cm³/mol. The molecular weight excluding hydrogens is 260 g/mol. The van der Waals surface area contributed by atoms with Crippen LogP contribution in [0.4, 0.5) is 0 Å². The van der Waals surface area contributed by atoms with E-state index >= 15 is 0 Å². The highest BCUT2D eigenvalue weighted by molar-refractivity contribution is 6.31. The van der Waals surface area contributed by atoms with Crippen LogP contribution >= 0.6 is 12.4 Å². The third-order valence-electron chi connectivity index (χ3n) is 2.73. The summed E-state index contributed by atoms with van der Waals surface area (Å²) in [5, 5.41) is 3.45. The van der Waals surface area contributed by atoms with Crippen molar-refractivity contribution >= 4 is 28.2 Å². The first-order valence-electron chi connectivity index (χ1n) is 6.49. The quantitative estimate of drug-likeness (QED) is 0.537. The van der Waals surface area contributed by atoms with Crippen LogP contribution in [0.3, 0.4) is 0 Å². The summed E-state index contributed by atoms with van der Waals surface area (Å²) in [5.74, 6) is 0. The van der Waals surface area contributed by atoms with Crippen LogP contribution in [0, 0.1) is 0 Å². The Morgan fingerprint density at radius 1 is 1.22 bits per heavy atom. The number of nitrogens with one attached hydrogen (secondary N) is 2. The summed E-state index contributed by atoms with van der Waals surface area (Å²) in [6.07, 6.45) is 3.20. The van der Waals surface area contributed by atoms with E-state index in [2.05, 4.69) is 48.1 Å². The Labute approximate surface area is 120 Å². The molecule has 0 unspecified atom stereocenters. The van der Waals surface area contributed by atoms with Crippen molar-refractivity contribution in [2.75, 3.05) is 13.1 Å². The molecule has 0 aliphatic rings. The Kier molecular flexibility index (Phi) is 11.1. The maximum absolute atomic E-state index is 3.75. The zero-order valence-corrected chi connectivity index (χ0v) is 13.5. The number of hydrogen-bond donors (Lipinski definition) is 2. The number of halogens is 1. The minimum absolute atomic E-state index is 0. The standard InChI is InChI=1S/C14H24N2Si.ClH/c1-3-11-17-16-10-9-15-12-14-7-5-13(4-2)6-8-14;/h4-8,15-16H,2-3,9-12,17H2,1H3;1H. The van der Waals surface area contributed by atoms with Crippen molar-refractivity contribution in [3.63, 3.8) is 0 Å². The van der Waals surface area contributed by atoms with Crippen LogP contribution in [0.1, 0.15) is 24.5 Å². The molecule has 18 heavy (non-hydrogen) atoms. The molecule has 0 saturated heterocycles. The lowest BCUT2D eigenvalue weighted by Gasteiger charge is -2.06. The molecule has 0 radical (unpaired) electrons. The zero-order chi connectivity index (χ0) is 12.3. The lowest BCUT2D eigenvalue weighted by atomic mass is 10.1. The van der Waals surface area contributed by atoms with Crippen molar-refractivity contribution < 1.29 is 0 Å². The van der Waals surface area contributed by atoms with Crippen molar-refractivity contribution in [1.82, 2.24) is 10.3 Å². The summed E-state index contributed by atoms with van der Waals surface area (Å²) in [5.41, 5.74) is 2.52. The Morgan fingerprint density at radius 2 is 1.94 bits per heavy atom. The van der Waals surface area contributed by atoms with Gasteiger partial charge in [-0.25, -0.2) is 0 Å². The second kappa shape index (κ2) is 11.5. The van der Waals surface area contributed by atoms with E-state index in [1.807, 2.05) is 6.08 Å². The van der Waals surface area contributed by atoms with Gasteiger partial charge in [-0.1, -0.05) is 56.3 Å². The van der Waals surface area contributed by atoms with E-state index in [0.717, 1.165) is 19.6 Å². The maximum atomic E-state index is 3.75. The van der Waals surface area contributed by atoms with E-state index in [1.165, 1.54) is 23.6 Å². The van der Waals surface area contributed by atoms with E-state index < -0.39 is 0 Å². The molecule has 0 atom stereocenters. The summed E-state index contributed by atoms with van der Waals surface area (Å²) in [6.45, 7) is 9.12. The van der Waals surface area contributed by atoms with Crippen LogP contribution in [0.15, 0.2) is 30.8 Å². The van der Waals surface area contributed by atoms with Crippen LogP contribution in [0.2, 0.25) is 6.04 Å². The third-order valence-corrected chi connectivity index (χ3v) is 4.50. The Bertz CT molecular complexity index is 314. The second-order valence-corrected chi connectivity index (χ2v) is 5.93. The van der Waals surface area contributed by atoms with Crippen molar-refractivity contribution in [2.24, 2.45) is 0 Å². The van der Waals surface area contributed by atoms with Gasteiger partial charge >= 0.3 is 0 Å². The fraction of sp³-hybridized carbons (Fsp3) is 0.429. The van der Waals surface area contributed by atoms with E-state index in [4.69, 9.17) is 0 Å². The Hall–Kier alpha value is -0.613. The largest absolute Gasteiger partial charge is 0.341 e. The third kappa shape index (κ3) is 7.66. The first kappa shape index (κ1) is 17.4. The molecule has 0 bridgehead atoms. The van der Waals surface area contributed by atoms with Crippen molar-refractivity contribution in [3.8, 4) is 0 Å². The van der Waals surface area contributed by atoms with Gasteiger partial charge in [0.25, 0.3) is 0 Å². The summed E-state index contributed by atoms with van der Waals surface area (Å²) < 4.78 is 0.